The van der Waals surface area contributed by atoms with Crippen LogP contribution in [0.4, 0.5) is 0 Å². The van der Waals surface area contributed by atoms with Gasteiger partial charge in [-0.15, -0.1) is 0 Å². The molecule has 0 fully saturated rings. The van der Waals surface area contributed by atoms with Gasteiger partial charge in [0.25, 0.3) is 0 Å². The fraction of sp³-hybridized carbons (Fsp3) is 0.500. The summed E-state index contributed by atoms with van der Waals surface area (Å²) in [6, 6.07) is 8.28. The van der Waals surface area contributed by atoms with Gasteiger partial charge in [-0.25, -0.2) is 0 Å². The van der Waals surface area contributed by atoms with E-state index in [9.17, 15) is 0 Å². The molecule has 1 aromatic carbocycles. The monoisotopic (exact) mass is 255 g/mol. The molecule has 1 nitrogen and oxygen atoms in total. The van der Waals surface area contributed by atoms with Gasteiger partial charge in [0.1, 0.15) is 0 Å². The Hall–Kier alpha value is -0.340. The first-order chi connectivity index (χ1) is 6.48. The number of benzene rings is 1. The smallest absolute Gasteiger partial charge is 0.0406 e. The molecular formula is C12H18BrN. The molecule has 0 saturated heterocycles. The molecule has 0 aliphatic rings. The van der Waals surface area contributed by atoms with Gasteiger partial charge in [0.15, 0.2) is 0 Å². The van der Waals surface area contributed by atoms with Crippen LogP contribution in [0.25, 0.3) is 0 Å². The SMILES string of the molecule is CCC(C)C(C)(N)c1ccc(Br)cc1. The minimum absolute atomic E-state index is 0.227. The van der Waals surface area contributed by atoms with Crippen molar-refractivity contribution in [3.8, 4) is 0 Å². The molecule has 0 spiro atoms. The van der Waals surface area contributed by atoms with E-state index in [1.807, 2.05) is 12.1 Å². The summed E-state index contributed by atoms with van der Waals surface area (Å²) in [4.78, 5) is 0. The highest BCUT2D eigenvalue weighted by Gasteiger charge is 2.26. The zero-order valence-electron chi connectivity index (χ0n) is 9.05. The molecule has 0 aliphatic heterocycles. The minimum Gasteiger partial charge on any atom is -0.321 e. The second kappa shape index (κ2) is 4.45. The van der Waals surface area contributed by atoms with Gasteiger partial charge >= 0.3 is 0 Å². The molecule has 0 aromatic heterocycles. The molecule has 2 unspecified atom stereocenters. The molecule has 0 aliphatic carbocycles. The Bertz CT molecular complexity index is 290. The average molecular weight is 256 g/mol. The fourth-order valence-electron chi connectivity index (χ4n) is 1.52. The van der Waals surface area contributed by atoms with E-state index in [2.05, 4.69) is 48.8 Å². The third kappa shape index (κ3) is 2.37. The molecule has 0 amide bonds. The van der Waals surface area contributed by atoms with Crippen LogP contribution in [0, 0.1) is 5.92 Å². The summed E-state index contributed by atoms with van der Waals surface area (Å²) in [7, 11) is 0. The zero-order valence-corrected chi connectivity index (χ0v) is 10.6. The van der Waals surface area contributed by atoms with Crippen LogP contribution < -0.4 is 5.73 Å². The second-order valence-corrected chi connectivity index (χ2v) is 5.01. The molecule has 78 valence electrons. The Morgan fingerprint density at radius 2 is 1.86 bits per heavy atom. The lowest BCUT2D eigenvalue weighted by molar-refractivity contribution is 0.316. The Labute approximate surface area is 94.8 Å². The molecule has 1 aromatic rings. The van der Waals surface area contributed by atoms with Gasteiger partial charge < -0.3 is 5.73 Å². The van der Waals surface area contributed by atoms with Gasteiger partial charge in [-0.2, -0.15) is 0 Å². The van der Waals surface area contributed by atoms with Gasteiger partial charge in [0.05, 0.1) is 0 Å². The number of hydrogen-bond donors (Lipinski definition) is 1. The summed E-state index contributed by atoms with van der Waals surface area (Å²) in [5, 5.41) is 0. The Morgan fingerprint density at radius 3 is 2.29 bits per heavy atom. The third-order valence-corrected chi connectivity index (χ3v) is 3.63. The van der Waals surface area contributed by atoms with Crippen molar-refractivity contribution in [2.24, 2.45) is 11.7 Å². The normalized spacial score (nSPS) is 17.5. The van der Waals surface area contributed by atoms with E-state index >= 15 is 0 Å². The van der Waals surface area contributed by atoms with Gasteiger partial charge in [-0.05, 0) is 30.5 Å². The highest BCUT2D eigenvalue weighted by Crippen LogP contribution is 2.29. The van der Waals surface area contributed by atoms with Crippen LogP contribution in [-0.2, 0) is 5.54 Å². The van der Waals surface area contributed by atoms with Crippen molar-refractivity contribution in [1.29, 1.82) is 0 Å². The lowest BCUT2D eigenvalue weighted by Crippen LogP contribution is -2.39. The Balaban J connectivity index is 2.97. The predicted molar refractivity (Wildman–Crippen MR) is 65.1 cm³/mol. The molecule has 1 rings (SSSR count). The van der Waals surface area contributed by atoms with E-state index in [1.165, 1.54) is 5.56 Å². The summed E-state index contributed by atoms with van der Waals surface area (Å²) < 4.78 is 1.10. The Kier molecular flexibility index (Phi) is 3.73. The van der Waals surface area contributed by atoms with Crippen molar-refractivity contribution >= 4 is 15.9 Å². The van der Waals surface area contributed by atoms with Gasteiger partial charge in [-0.3, -0.25) is 0 Å². The number of nitrogens with two attached hydrogens (primary N) is 1. The maximum absolute atomic E-state index is 6.33. The van der Waals surface area contributed by atoms with Crippen molar-refractivity contribution in [1.82, 2.24) is 0 Å². The van der Waals surface area contributed by atoms with E-state index in [1.54, 1.807) is 0 Å². The zero-order chi connectivity index (χ0) is 10.8. The topological polar surface area (TPSA) is 26.0 Å². The van der Waals surface area contributed by atoms with E-state index in [-0.39, 0.29) is 5.54 Å². The summed E-state index contributed by atoms with van der Waals surface area (Å²) in [5.41, 5.74) is 7.30. The first-order valence-corrected chi connectivity index (χ1v) is 5.82. The second-order valence-electron chi connectivity index (χ2n) is 4.10. The van der Waals surface area contributed by atoms with E-state index in [0.717, 1.165) is 10.9 Å². The minimum atomic E-state index is -0.227. The number of halogens is 1. The van der Waals surface area contributed by atoms with Crippen LogP contribution in [0.5, 0.6) is 0 Å². The highest BCUT2D eigenvalue weighted by atomic mass is 79.9. The molecule has 14 heavy (non-hydrogen) atoms. The molecule has 2 N–H and O–H groups in total. The van der Waals surface area contributed by atoms with Crippen molar-refractivity contribution in [3.05, 3.63) is 34.3 Å². The molecular weight excluding hydrogens is 238 g/mol. The molecule has 2 heteroatoms. The van der Waals surface area contributed by atoms with Crippen LogP contribution >= 0.6 is 15.9 Å². The first kappa shape index (κ1) is 11.7. The van der Waals surface area contributed by atoms with Gasteiger partial charge in [-0.1, -0.05) is 48.3 Å². The highest BCUT2D eigenvalue weighted by molar-refractivity contribution is 9.10. The van der Waals surface area contributed by atoms with Crippen LogP contribution in [0.2, 0.25) is 0 Å². The summed E-state index contributed by atoms with van der Waals surface area (Å²) in [6.45, 7) is 6.47. The van der Waals surface area contributed by atoms with Crippen LogP contribution in [0.3, 0.4) is 0 Å². The Morgan fingerprint density at radius 1 is 1.36 bits per heavy atom. The van der Waals surface area contributed by atoms with Crippen molar-refractivity contribution in [3.63, 3.8) is 0 Å². The summed E-state index contributed by atoms with van der Waals surface area (Å²) in [6.07, 6.45) is 1.10. The quantitative estimate of drug-likeness (QED) is 0.877. The van der Waals surface area contributed by atoms with Crippen molar-refractivity contribution in [2.75, 3.05) is 0 Å². The van der Waals surface area contributed by atoms with Crippen LogP contribution in [0.15, 0.2) is 28.7 Å². The van der Waals surface area contributed by atoms with Crippen LogP contribution in [-0.4, -0.2) is 0 Å². The standard InChI is InChI=1S/C12H18BrN/c1-4-9(2)12(3,14)10-5-7-11(13)8-6-10/h5-9H,4,14H2,1-3H3. The first-order valence-electron chi connectivity index (χ1n) is 5.03. The van der Waals surface area contributed by atoms with Crippen molar-refractivity contribution in [2.45, 2.75) is 32.7 Å². The maximum Gasteiger partial charge on any atom is 0.0406 e. The van der Waals surface area contributed by atoms with Crippen molar-refractivity contribution < 1.29 is 0 Å². The molecule has 0 bridgehead atoms. The summed E-state index contributed by atoms with van der Waals surface area (Å²) >= 11 is 3.43. The molecule has 0 radical (unpaired) electrons. The lowest BCUT2D eigenvalue weighted by Gasteiger charge is -2.31. The average Bonchev–Trinajstić information content (AvgIpc) is 2.17. The van der Waals surface area contributed by atoms with Gasteiger partial charge in [0.2, 0.25) is 0 Å². The molecule has 2 atom stereocenters. The largest absolute Gasteiger partial charge is 0.321 e. The van der Waals surface area contributed by atoms with Crippen LogP contribution in [0.1, 0.15) is 32.8 Å². The fourth-order valence-corrected chi connectivity index (χ4v) is 1.78. The van der Waals surface area contributed by atoms with E-state index < -0.39 is 0 Å². The predicted octanol–water partition coefficient (Wildman–Crippen LogP) is 3.67. The number of hydrogen-bond acceptors (Lipinski definition) is 1. The van der Waals surface area contributed by atoms with E-state index in [4.69, 9.17) is 5.73 Å². The number of rotatable bonds is 3. The molecule has 0 heterocycles. The van der Waals surface area contributed by atoms with Gasteiger partial charge in [0, 0.05) is 10.0 Å². The molecule has 0 saturated carbocycles. The van der Waals surface area contributed by atoms with E-state index in [0.29, 0.717) is 5.92 Å². The lowest BCUT2D eigenvalue weighted by atomic mass is 9.80. The summed E-state index contributed by atoms with van der Waals surface area (Å²) in [5.74, 6) is 0.490. The maximum atomic E-state index is 6.33. The third-order valence-electron chi connectivity index (χ3n) is 3.10.